The lowest BCUT2D eigenvalue weighted by Crippen LogP contribution is -2.18. The SMILES string of the molecule is O=C(N/N=C/c1cc([N+](=O)[O-])ccc1OC(=O)c1cccc(C(F)(F)F)c1)c1ccc(NC(=O)c2ccco2)cc1. The minimum atomic E-state index is -4.69. The van der Waals surface area contributed by atoms with Gasteiger partial charge in [0.05, 0.1) is 28.5 Å². The van der Waals surface area contributed by atoms with Crippen molar-refractivity contribution < 1.29 is 41.6 Å². The summed E-state index contributed by atoms with van der Waals surface area (Å²) in [4.78, 5) is 47.5. The molecule has 1 heterocycles. The summed E-state index contributed by atoms with van der Waals surface area (Å²) in [6.45, 7) is 0. The quantitative estimate of drug-likeness (QED) is 0.0946. The summed E-state index contributed by atoms with van der Waals surface area (Å²) in [5.74, 6) is -2.48. The lowest BCUT2D eigenvalue weighted by atomic mass is 10.1. The van der Waals surface area contributed by atoms with Crippen LogP contribution in [-0.4, -0.2) is 28.9 Å². The van der Waals surface area contributed by atoms with Crippen LogP contribution in [0.2, 0.25) is 0 Å². The number of nitrogens with one attached hydrogen (secondary N) is 2. The number of furan rings is 1. The van der Waals surface area contributed by atoms with E-state index in [0.717, 1.165) is 42.6 Å². The van der Waals surface area contributed by atoms with Gasteiger partial charge in [0.1, 0.15) is 5.75 Å². The summed E-state index contributed by atoms with van der Waals surface area (Å²) in [5, 5.41) is 17.5. The number of carbonyl (C=O) groups excluding carboxylic acids is 3. The Morgan fingerprint density at radius 1 is 0.927 bits per heavy atom. The van der Waals surface area contributed by atoms with Crippen LogP contribution in [0.15, 0.2) is 94.6 Å². The monoisotopic (exact) mass is 566 g/mol. The van der Waals surface area contributed by atoms with Crippen LogP contribution in [0.5, 0.6) is 5.75 Å². The first-order valence-corrected chi connectivity index (χ1v) is 11.5. The van der Waals surface area contributed by atoms with Gasteiger partial charge in [0, 0.05) is 28.9 Å². The molecule has 4 rings (SSSR count). The maximum atomic E-state index is 13.0. The highest BCUT2D eigenvalue weighted by molar-refractivity contribution is 6.02. The Kier molecular flexibility index (Phi) is 8.22. The van der Waals surface area contributed by atoms with E-state index in [1.54, 1.807) is 6.07 Å². The minimum Gasteiger partial charge on any atom is -0.459 e. The number of hydrogen-bond acceptors (Lipinski definition) is 8. The molecule has 11 nitrogen and oxygen atoms in total. The fourth-order valence-electron chi connectivity index (χ4n) is 3.35. The lowest BCUT2D eigenvalue weighted by molar-refractivity contribution is -0.384. The highest BCUT2D eigenvalue weighted by Gasteiger charge is 2.31. The first-order chi connectivity index (χ1) is 19.5. The number of esters is 1. The van der Waals surface area contributed by atoms with E-state index in [0.29, 0.717) is 11.8 Å². The first-order valence-electron chi connectivity index (χ1n) is 11.5. The van der Waals surface area contributed by atoms with Crippen molar-refractivity contribution in [2.45, 2.75) is 6.18 Å². The minimum absolute atomic E-state index is 0.0992. The maximum Gasteiger partial charge on any atom is 0.416 e. The third-order valence-electron chi connectivity index (χ3n) is 5.35. The van der Waals surface area contributed by atoms with E-state index in [4.69, 9.17) is 9.15 Å². The zero-order valence-corrected chi connectivity index (χ0v) is 20.5. The van der Waals surface area contributed by atoms with Gasteiger partial charge in [0.25, 0.3) is 17.5 Å². The summed E-state index contributed by atoms with van der Waals surface area (Å²) < 4.78 is 49.2. The number of hydrazone groups is 1. The smallest absolute Gasteiger partial charge is 0.416 e. The molecule has 0 saturated heterocycles. The standard InChI is InChI=1S/C27H17F3N4O7/c28-27(29,30)19-4-1-3-17(13-19)26(37)41-22-11-10-21(34(38)39)14-18(22)15-31-33-24(35)16-6-8-20(9-7-16)32-25(36)23-5-2-12-40-23/h1-15H,(H,32,36)(H,33,35)/b31-15+. The van der Waals surface area contributed by atoms with E-state index in [1.807, 2.05) is 0 Å². The Hall–Kier alpha value is -5.79. The first kappa shape index (κ1) is 28.2. The molecule has 0 aliphatic heterocycles. The summed E-state index contributed by atoms with van der Waals surface area (Å²) >= 11 is 0. The fraction of sp³-hybridized carbons (Fsp3) is 0.0370. The van der Waals surface area contributed by atoms with Gasteiger partial charge in [-0.2, -0.15) is 18.3 Å². The van der Waals surface area contributed by atoms with Gasteiger partial charge in [0.2, 0.25) is 0 Å². The molecule has 14 heteroatoms. The molecule has 0 aliphatic rings. The van der Waals surface area contributed by atoms with Gasteiger partial charge < -0.3 is 14.5 Å². The highest BCUT2D eigenvalue weighted by atomic mass is 19.4. The topological polar surface area (TPSA) is 153 Å². The molecular weight excluding hydrogens is 549 g/mol. The van der Waals surface area contributed by atoms with Crippen molar-refractivity contribution in [1.82, 2.24) is 5.43 Å². The highest BCUT2D eigenvalue weighted by Crippen LogP contribution is 2.30. The summed E-state index contributed by atoms with van der Waals surface area (Å²) in [7, 11) is 0. The third-order valence-corrected chi connectivity index (χ3v) is 5.35. The van der Waals surface area contributed by atoms with E-state index < -0.39 is 45.7 Å². The predicted octanol–water partition coefficient (Wildman–Crippen LogP) is 5.44. The van der Waals surface area contributed by atoms with Gasteiger partial charge in [-0.05, 0) is 60.7 Å². The number of non-ortho nitro benzene ring substituents is 1. The fourth-order valence-corrected chi connectivity index (χ4v) is 3.35. The van der Waals surface area contributed by atoms with Crippen molar-refractivity contribution >= 4 is 35.4 Å². The number of rotatable bonds is 8. The average Bonchev–Trinajstić information content (AvgIpc) is 3.49. The predicted molar refractivity (Wildman–Crippen MR) is 138 cm³/mol. The van der Waals surface area contributed by atoms with E-state index in [2.05, 4.69) is 15.8 Å². The van der Waals surface area contributed by atoms with Gasteiger partial charge >= 0.3 is 12.1 Å². The van der Waals surface area contributed by atoms with Gasteiger partial charge in [-0.15, -0.1) is 0 Å². The molecule has 0 saturated carbocycles. The van der Waals surface area contributed by atoms with E-state index >= 15 is 0 Å². The number of anilines is 1. The third kappa shape index (κ3) is 7.20. The number of nitro groups is 1. The molecule has 41 heavy (non-hydrogen) atoms. The number of alkyl halides is 3. The van der Waals surface area contributed by atoms with Crippen molar-refractivity contribution in [3.63, 3.8) is 0 Å². The molecule has 0 bridgehead atoms. The number of carbonyl (C=O) groups is 3. The lowest BCUT2D eigenvalue weighted by Gasteiger charge is -2.10. The average molecular weight is 566 g/mol. The summed E-state index contributed by atoms with van der Waals surface area (Å²) in [5.41, 5.74) is 0.758. The van der Waals surface area contributed by atoms with E-state index in [9.17, 15) is 37.7 Å². The molecule has 2 amide bonds. The van der Waals surface area contributed by atoms with Crippen LogP contribution in [-0.2, 0) is 6.18 Å². The number of hydrogen-bond donors (Lipinski definition) is 2. The van der Waals surface area contributed by atoms with Gasteiger partial charge in [-0.25, -0.2) is 10.2 Å². The molecule has 208 valence electrons. The Labute approximate surface area is 228 Å². The van der Waals surface area contributed by atoms with Crippen molar-refractivity contribution in [3.8, 4) is 5.75 Å². The van der Waals surface area contributed by atoms with Crippen molar-refractivity contribution in [1.29, 1.82) is 0 Å². The zero-order chi connectivity index (χ0) is 29.6. The van der Waals surface area contributed by atoms with Crippen LogP contribution in [0.25, 0.3) is 0 Å². The second kappa shape index (κ2) is 11.9. The summed E-state index contributed by atoms with van der Waals surface area (Å²) in [6, 6.07) is 15.4. The second-order valence-electron chi connectivity index (χ2n) is 8.16. The van der Waals surface area contributed by atoms with Gasteiger partial charge in [-0.3, -0.25) is 19.7 Å². The van der Waals surface area contributed by atoms with E-state index in [-0.39, 0.29) is 22.6 Å². The van der Waals surface area contributed by atoms with Gasteiger partial charge in [0.15, 0.2) is 5.76 Å². The summed E-state index contributed by atoms with van der Waals surface area (Å²) in [6.07, 6.45) is -2.37. The Balaban J connectivity index is 1.46. The van der Waals surface area contributed by atoms with Crippen molar-refractivity contribution in [3.05, 3.63) is 123 Å². The number of nitro benzene ring substituents is 1. The Morgan fingerprint density at radius 3 is 2.34 bits per heavy atom. The molecule has 0 aliphatic carbocycles. The molecule has 0 atom stereocenters. The number of benzene rings is 3. The molecule has 0 unspecified atom stereocenters. The van der Waals surface area contributed by atoms with Crippen LogP contribution < -0.4 is 15.5 Å². The van der Waals surface area contributed by atoms with Crippen LogP contribution in [0, 0.1) is 10.1 Å². The van der Waals surface area contributed by atoms with E-state index in [1.165, 1.54) is 36.6 Å². The number of ether oxygens (including phenoxy) is 1. The molecular formula is C27H17F3N4O7. The van der Waals surface area contributed by atoms with Crippen LogP contribution in [0.3, 0.4) is 0 Å². The van der Waals surface area contributed by atoms with Crippen LogP contribution >= 0.6 is 0 Å². The molecule has 0 fully saturated rings. The van der Waals surface area contributed by atoms with Crippen LogP contribution in [0.4, 0.5) is 24.5 Å². The molecule has 1 aromatic heterocycles. The van der Waals surface area contributed by atoms with Crippen LogP contribution in [0.1, 0.15) is 42.4 Å². The molecule has 0 spiro atoms. The Morgan fingerprint density at radius 2 is 1.68 bits per heavy atom. The number of halogens is 3. The number of amides is 2. The normalized spacial score (nSPS) is 11.2. The molecule has 3 aromatic carbocycles. The largest absolute Gasteiger partial charge is 0.459 e. The molecule has 0 radical (unpaired) electrons. The van der Waals surface area contributed by atoms with Gasteiger partial charge in [-0.1, -0.05) is 6.07 Å². The van der Waals surface area contributed by atoms with Crippen molar-refractivity contribution in [2.75, 3.05) is 5.32 Å². The second-order valence-corrected chi connectivity index (χ2v) is 8.16. The Bertz CT molecular complexity index is 1630. The zero-order valence-electron chi connectivity index (χ0n) is 20.5. The molecule has 2 N–H and O–H groups in total. The van der Waals surface area contributed by atoms with Crippen molar-refractivity contribution in [2.24, 2.45) is 5.10 Å². The molecule has 4 aromatic rings. The number of nitrogens with zero attached hydrogens (tertiary/aromatic N) is 2. The maximum absolute atomic E-state index is 13.0.